The van der Waals surface area contributed by atoms with E-state index in [2.05, 4.69) is 10.1 Å². The fraction of sp³-hybridized carbons (Fsp3) is 0.133. The lowest BCUT2D eigenvalue weighted by atomic mass is 10.3. The molecule has 0 saturated heterocycles. The van der Waals surface area contributed by atoms with Gasteiger partial charge in [-0.25, -0.2) is 8.42 Å². The summed E-state index contributed by atoms with van der Waals surface area (Å²) in [6.07, 6.45) is 0. The van der Waals surface area contributed by atoms with E-state index in [4.69, 9.17) is 0 Å². The third-order valence-electron chi connectivity index (χ3n) is 3.28. The van der Waals surface area contributed by atoms with Crippen LogP contribution in [-0.4, -0.2) is 38.1 Å². The van der Waals surface area contributed by atoms with Crippen LogP contribution in [0.25, 0.3) is 0 Å². The summed E-state index contributed by atoms with van der Waals surface area (Å²) >= 11 is 0. The minimum atomic E-state index is -4.00. The molecule has 25 heavy (non-hydrogen) atoms. The molecule has 0 radical (unpaired) electrons. The molecular formula is C15H14N2O7S. The van der Waals surface area contributed by atoms with Crippen LogP contribution in [0.5, 0.6) is 5.75 Å². The van der Waals surface area contributed by atoms with E-state index >= 15 is 0 Å². The summed E-state index contributed by atoms with van der Waals surface area (Å²) in [5.74, 6) is -1.10. The number of ether oxygens (including phenoxy) is 1. The van der Waals surface area contributed by atoms with Gasteiger partial charge >= 0.3 is 11.7 Å². The number of phenols is 1. The Kier molecular flexibility index (Phi) is 5.22. The van der Waals surface area contributed by atoms with E-state index in [1.165, 1.54) is 31.4 Å². The number of benzene rings is 2. The summed E-state index contributed by atoms with van der Waals surface area (Å²) < 4.78 is 29.6. The van der Waals surface area contributed by atoms with E-state index in [-0.39, 0.29) is 16.3 Å². The average Bonchev–Trinajstić information content (AvgIpc) is 2.59. The molecule has 0 bridgehead atoms. The molecule has 2 N–H and O–H groups in total. The normalized spacial score (nSPS) is 10.9. The maximum atomic E-state index is 12.5. The van der Waals surface area contributed by atoms with Gasteiger partial charge in [-0.05, 0) is 36.4 Å². The van der Waals surface area contributed by atoms with Crippen molar-refractivity contribution in [3.05, 3.63) is 52.6 Å². The van der Waals surface area contributed by atoms with E-state index in [1.807, 2.05) is 0 Å². The highest BCUT2D eigenvalue weighted by molar-refractivity contribution is 7.91. The highest BCUT2D eigenvalue weighted by atomic mass is 32.2. The molecule has 0 spiro atoms. The number of nitro groups is 1. The molecule has 0 aliphatic heterocycles. The summed E-state index contributed by atoms with van der Waals surface area (Å²) in [7, 11) is -2.75. The van der Waals surface area contributed by atoms with Crippen molar-refractivity contribution in [1.29, 1.82) is 0 Å². The lowest BCUT2D eigenvalue weighted by Gasteiger charge is -2.08. The molecule has 10 heteroatoms. The Morgan fingerprint density at radius 2 is 1.80 bits per heavy atom. The second kappa shape index (κ2) is 7.18. The second-order valence-corrected chi connectivity index (χ2v) is 6.81. The molecule has 0 atom stereocenters. The number of aromatic hydroxyl groups is 1. The molecule has 0 aromatic heterocycles. The zero-order valence-electron chi connectivity index (χ0n) is 13.0. The molecule has 0 fully saturated rings. The van der Waals surface area contributed by atoms with Gasteiger partial charge in [0.1, 0.15) is 6.54 Å². The van der Waals surface area contributed by atoms with E-state index in [1.54, 1.807) is 0 Å². The Balaban J connectivity index is 2.29. The highest BCUT2D eigenvalue weighted by Gasteiger charge is 2.23. The first-order valence-corrected chi connectivity index (χ1v) is 8.37. The van der Waals surface area contributed by atoms with Crippen LogP contribution in [0.15, 0.2) is 52.3 Å². The number of hydrogen-bond donors (Lipinski definition) is 2. The summed E-state index contributed by atoms with van der Waals surface area (Å²) in [6, 6.07) is 8.34. The van der Waals surface area contributed by atoms with E-state index in [0.717, 1.165) is 18.2 Å². The minimum Gasteiger partial charge on any atom is -0.502 e. The third kappa shape index (κ3) is 4.04. The van der Waals surface area contributed by atoms with Gasteiger partial charge in [-0.3, -0.25) is 14.9 Å². The van der Waals surface area contributed by atoms with E-state index in [9.17, 15) is 28.4 Å². The standard InChI is InChI=1S/C15H14N2O7S/c1-24-15(19)9-16-10-2-4-11(5-3-10)25(22,23)12-6-7-14(18)13(8-12)17(20)21/h2-8,16,18H,9H2,1H3. The monoisotopic (exact) mass is 366 g/mol. The predicted molar refractivity (Wildman–Crippen MR) is 87.2 cm³/mol. The fourth-order valence-corrected chi connectivity index (χ4v) is 3.23. The Hall–Kier alpha value is -3.14. The van der Waals surface area contributed by atoms with Gasteiger partial charge in [0, 0.05) is 11.8 Å². The van der Waals surface area contributed by atoms with Crippen molar-refractivity contribution in [3.63, 3.8) is 0 Å². The number of nitro benzene ring substituents is 1. The second-order valence-electron chi connectivity index (χ2n) is 4.87. The SMILES string of the molecule is COC(=O)CNc1ccc(S(=O)(=O)c2ccc(O)c([N+](=O)[O-])c2)cc1. The van der Waals surface area contributed by atoms with Crippen molar-refractivity contribution >= 4 is 27.2 Å². The van der Waals surface area contributed by atoms with Gasteiger partial charge in [0.05, 0.1) is 21.8 Å². The molecule has 0 amide bonds. The average molecular weight is 366 g/mol. The Labute approximate surface area is 142 Å². The van der Waals surface area contributed by atoms with Crippen LogP contribution < -0.4 is 5.32 Å². The smallest absolute Gasteiger partial charge is 0.325 e. The summed E-state index contributed by atoms with van der Waals surface area (Å²) in [4.78, 5) is 20.6. The van der Waals surface area contributed by atoms with Crippen LogP contribution in [0.4, 0.5) is 11.4 Å². The minimum absolute atomic E-state index is 0.0766. The van der Waals surface area contributed by atoms with Crippen molar-refractivity contribution in [2.24, 2.45) is 0 Å². The quantitative estimate of drug-likeness (QED) is 0.448. The first kappa shape index (κ1) is 18.2. The zero-order valence-corrected chi connectivity index (χ0v) is 13.8. The molecule has 2 aromatic carbocycles. The number of methoxy groups -OCH3 is 1. The summed E-state index contributed by atoms with van der Waals surface area (Å²) in [6.45, 7) is -0.0766. The maximum Gasteiger partial charge on any atom is 0.325 e. The van der Waals surface area contributed by atoms with Crippen molar-refractivity contribution in [2.75, 3.05) is 19.0 Å². The molecule has 0 unspecified atom stereocenters. The third-order valence-corrected chi connectivity index (χ3v) is 5.05. The largest absolute Gasteiger partial charge is 0.502 e. The summed E-state index contributed by atoms with van der Waals surface area (Å²) in [5, 5.41) is 23.0. The molecule has 2 rings (SSSR count). The number of nitrogens with one attached hydrogen (secondary N) is 1. The number of hydrogen-bond acceptors (Lipinski definition) is 8. The lowest BCUT2D eigenvalue weighted by Crippen LogP contribution is -2.14. The molecule has 0 heterocycles. The first-order valence-electron chi connectivity index (χ1n) is 6.89. The number of nitrogens with zero attached hydrogens (tertiary/aromatic N) is 1. The van der Waals surface area contributed by atoms with Gasteiger partial charge in [0.2, 0.25) is 9.84 Å². The van der Waals surface area contributed by atoms with Gasteiger partial charge in [-0.15, -0.1) is 0 Å². The molecule has 0 aliphatic rings. The van der Waals surface area contributed by atoms with Gasteiger partial charge in [-0.1, -0.05) is 0 Å². The first-order chi connectivity index (χ1) is 11.8. The van der Waals surface area contributed by atoms with Gasteiger partial charge in [-0.2, -0.15) is 0 Å². The molecule has 9 nitrogen and oxygen atoms in total. The molecular weight excluding hydrogens is 352 g/mol. The number of carbonyl (C=O) groups excluding carboxylic acids is 1. The van der Waals surface area contributed by atoms with E-state index in [0.29, 0.717) is 5.69 Å². The lowest BCUT2D eigenvalue weighted by molar-refractivity contribution is -0.386. The summed E-state index contributed by atoms with van der Waals surface area (Å²) in [5.41, 5.74) is -0.196. The van der Waals surface area contributed by atoms with E-state index < -0.39 is 32.2 Å². The number of sulfone groups is 1. The van der Waals surface area contributed by atoms with Crippen molar-refractivity contribution < 1.29 is 28.0 Å². The number of phenolic OH excluding ortho intramolecular Hbond substituents is 1. The Morgan fingerprint density at radius 3 is 2.36 bits per heavy atom. The zero-order chi connectivity index (χ0) is 18.6. The molecule has 0 saturated carbocycles. The van der Waals surface area contributed by atoms with Crippen LogP contribution in [0, 0.1) is 10.1 Å². The van der Waals surface area contributed by atoms with Crippen LogP contribution >= 0.6 is 0 Å². The Morgan fingerprint density at radius 1 is 1.20 bits per heavy atom. The number of rotatable bonds is 6. The Bertz CT molecular complexity index is 908. The van der Waals surface area contributed by atoms with Crippen molar-refractivity contribution in [3.8, 4) is 5.75 Å². The van der Waals surface area contributed by atoms with Crippen LogP contribution in [0.3, 0.4) is 0 Å². The topological polar surface area (TPSA) is 136 Å². The molecule has 132 valence electrons. The molecule has 2 aromatic rings. The molecule has 0 aliphatic carbocycles. The number of esters is 1. The van der Waals surface area contributed by atoms with Crippen LogP contribution in [0.2, 0.25) is 0 Å². The van der Waals surface area contributed by atoms with Crippen molar-refractivity contribution in [1.82, 2.24) is 0 Å². The van der Waals surface area contributed by atoms with Gasteiger partial charge in [0.25, 0.3) is 0 Å². The maximum absolute atomic E-state index is 12.5. The highest BCUT2D eigenvalue weighted by Crippen LogP contribution is 2.31. The number of carbonyl (C=O) groups is 1. The van der Waals surface area contributed by atoms with Gasteiger partial charge < -0.3 is 15.2 Å². The van der Waals surface area contributed by atoms with Crippen LogP contribution in [-0.2, 0) is 19.4 Å². The fourth-order valence-electron chi connectivity index (χ4n) is 1.95. The van der Waals surface area contributed by atoms with Gasteiger partial charge in [0.15, 0.2) is 5.75 Å². The number of anilines is 1. The van der Waals surface area contributed by atoms with Crippen LogP contribution in [0.1, 0.15) is 0 Å². The predicted octanol–water partition coefficient (Wildman–Crippen LogP) is 1.72. The van der Waals surface area contributed by atoms with Crippen molar-refractivity contribution in [2.45, 2.75) is 9.79 Å².